The maximum absolute atomic E-state index is 11.5. The third-order valence-electron chi connectivity index (χ3n) is 4.05. The summed E-state index contributed by atoms with van der Waals surface area (Å²) in [6.45, 7) is 1.42. The molecule has 4 nitrogen and oxygen atoms in total. The Labute approximate surface area is 107 Å². The molecule has 100 valence electrons. The number of methoxy groups -OCH3 is 2. The molecule has 0 fully saturated rings. The first-order valence-corrected chi connectivity index (χ1v) is 6.23. The Morgan fingerprint density at radius 3 is 2.61 bits per heavy atom. The van der Waals surface area contributed by atoms with Crippen LogP contribution in [0.25, 0.3) is 0 Å². The number of aliphatic hydroxyl groups is 1. The van der Waals surface area contributed by atoms with Gasteiger partial charge in [0.05, 0.1) is 0 Å². The summed E-state index contributed by atoms with van der Waals surface area (Å²) < 4.78 is 11.1. The van der Waals surface area contributed by atoms with Crippen LogP contribution in [-0.2, 0) is 14.3 Å². The van der Waals surface area contributed by atoms with Gasteiger partial charge in [0.2, 0.25) is 0 Å². The summed E-state index contributed by atoms with van der Waals surface area (Å²) in [5.41, 5.74) is 0.665. The monoisotopic (exact) mass is 252 g/mol. The number of hydrogen-bond acceptors (Lipinski definition) is 4. The van der Waals surface area contributed by atoms with Gasteiger partial charge in [-0.1, -0.05) is 11.6 Å². The zero-order chi connectivity index (χ0) is 13.4. The summed E-state index contributed by atoms with van der Waals surface area (Å²) in [5, 5.41) is 10.3. The highest BCUT2D eigenvalue weighted by Crippen LogP contribution is 2.43. The van der Waals surface area contributed by atoms with Crippen molar-refractivity contribution < 1.29 is 19.4 Å². The van der Waals surface area contributed by atoms with Crippen molar-refractivity contribution in [3.8, 4) is 0 Å². The minimum absolute atomic E-state index is 0.226. The van der Waals surface area contributed by atoms with Gasteiger partial charge in [-0.25, -0.2) is 0 Å². The first kappa shape index (κ1) is 13.5. The second-order valence-electron chi connectivity index (χ2n) is 5.02. The number of ether oxygens (including phenoxy) is 2. The van der Waals surface area contributed by atoms with E-state index in [2.05, 4.69) is 0 Å². The summed E-state index contributed by atoms with van der Waals surface area (Å²) in [7, 11) is 3.25. The molecule has 0 aromatic rings. The minimum Gasteiger partial charge on any atom is -0.378 e. The molecule has 0 saturated heterocycles. The molecule has 0 amide bonds. The lowest BCUT2D eigenvalue weighted by Gasteiger charge is -2.41. The molecule has 0 heterocycles. The SMILES string of the molecule is COC1(OC)CCCC2=C1C=CC(O)(C(C)=O)C2. The lowest BCUT2D eigenvalue weighted by molar-refractivity contribution is -0.185. The highest BCUT2D eigenvalue weighted by molar-refractivity contribution is 5.88. The highest BCUT2D eigenvalue weighted by atomic mass is 16.7. The van der Waals surface area contributed by atoms with Gasteiger partial charge in [0.15, 0.2) is 11.6 Å². The molecule has 1 atom stereocenters. The molecule has 18 heavy (non-hydrogen) atoms. The van der Waals surface area contributed by atoms with Crippen molar-refractivity contribution in [1.29, 1.82) is 0 Å². The Morgan fingerprint density at radius 1 is 1.39 bits per heavy atom. The van der Waals surface area contributed by atoms with Gasteiger partial charge in [-0.3, -0.25) is 4.79 Å². The van der Waals surface area contributed by atoms with E-state index in [1.807, 2.05) is 0 Å². The van der Waals surface area contributed by atoms with Gasteiger partial charge in [0.1, 0.15) is 5.60 Å². The fourth-order valence-corrected chi connectivity index (χ4v) is 2.86. The van der Waals surface area contributed by atoms with E-state index in [0.717, 1.165) is 30.4 Å². The van der Waals surface area contributed by atoms with E-state index in [0.29, 0.717) is 6.42 Å². The van der Waals surface area contributed by atoms with Crippen LogP contribution in [0.4, 0.5) is 0 Å². The molecular formula is C14H20O4. The third-order valence-corrected chi connectivity index (χ3v) is 4.05. The molecule has 2 aliphatic rings. The zero-order valence-corrected chi connectivity index (χ0v) is 11.2. The number of Topliss-reactive ketones (excluding diaryl/α,β-unsaturated/α-hetero) is 1. The van der Waals surface area contributed by atoms with Crippen LogP contribution in [0.1, 0.15) is 32.6 Å². The maximum atomic E-state index is 11.5. The van der Waals surface area contributed by atoms with Gasteiger partial charge in [-0.2, -0.15) is 0 Å². The van der Waals surface area contributed by atoms with Gasteiger partial charge < -0.3 is 14.6 Å². The molecule has 0 aliphatic heterocycles. The lowest BCUT2D eigenvalue weighted by Crippen LogP contribution is -2.43. The second kappa shape index (κ2) is 4.61. The topological polar surface area (TPSA) is 55.8 Å². The van der Waals surface area contributed by atoms with Crippen LogP contribution in [0.15, 0.2) is 23.3 Å². The quantitative estimate of drug-likeness (QED) is 0.777. The fraction of sp³-hybridized carbons (Fsp3) is 0.643. The first-order chi connectivity index (χ1) is 8.47. The van der Waals surface area contributed by atoms with Crippen molar-refractivity contribution in [2.75, 3.05) is 14.2 Å². The van der Waals surface area contributed by atoms with Crippen LogP contribution in [0, 0.1) is 0 Å². The van der Waals surface area contributed by atoms with Gasteiger partial charge >= 0.3 is 0 Å². The number of hydrogen-bond donors (Lipinski definition) is 1. The largest absolute Gasteiger partial charge is 0.378 e. The van der Waals surface area contributed by atoms with Crippen LogP contribution in [-0.4, -0.2) is 36.5 Å². The van der Waals surface area contributed by atoms with E-state index in [-0.39, 0.29) is 5.78 Å². The Balaban J connectivity index is 2.39. The van der Waals surface area contributed by atoms with Gasteiger partial charge in [-0.15, -0.1) is 0 Å². The molecule has 0 saturated carbocycles. The normalized spacial score (nSPS) is 30.2. The van der Waals surface area contributed by atoms with Crippen molar-refractivity contribution in [3.63, 3.8) is 0 Å². The van der Waals surface area contributed by atoms with Gasteiger partial charge in [0, 0.05) is 32.6 Å². The summed E-state index contributed by atoms with van der Waals surface area (Å²) in [4.78, 5) is 11.5. The molecule has 0 bridgehead atoms. The molecule has 1 N–H and O–H groups in total. The number of carbonyl (C=O) groups excluding carboxylic acids is 1. The summed E-state index contributed by atoms with van der Waals surface area (Å²) in [6, 6.07) is 0. The number of carbonyl (C=O) groups is 1. The zero-order valence-electron chi connectivity index (χ0n) is 11.2. The summed E-state index contributed by atoms with van der Waals surface area (Å²) in [5.74, 6) is -0.946. The molecule has 0 radical (unpaired) electrons. The lowest BCUT2D eigenvalue weighted by atomic mass is 9.75. The van der Waals surface area contributed by atoms with Crippen LogP contribution >= 0.6 is 0 Å². The molecule has 0 aromatic carbocycles. The van der Waals surface area contributed by atoms with E-state index >= 15 is 0 Å². The Hall–Kier alpha value is -0.970. The summed E-state index contributed by atoms with van der Waals surface area (Å²) in [6.07, 6.45) is 6.30. The Bertz CT molecular complexity index is 418. The first-order valence-electron chi connectivity index (χ1n) is 6.23. The molecule has 0 spiro atoms. The van der Waals surface area contributed by atoms with Crippen molar-refractivity contribution in [1.82, 2.24) is 0 Å². The molecule has 0 aromatic heterocycles. The van der Waals surface area contributed by atoms with E-state index in [4.69, 9.17) is 9.47 Å². The second-order valence-corrected chi connectivity index (χ2v) is 5.02. The third kappa shape index (κ3) is 1.94. The Kier molecular flexibility index (Phi) is 3.45. The van der Waals surface area contributed by atoms with Crippen LogP contribution < -0.4 is 0 Å². The van der Waals surface area contributed by atoms with E-state index in [1.54, 1.807) is 26.4 Å². The molecule has 2 rings (SSSR count). The van der Waals surface area contributed by atoms with Gasteiger partial charge in [-0.05, 0) is 25.8 Å². The van der Waals surface area contributed by atoms with Crippen LogP contribution in [0.3, 0.4) is 0 Å². The summed E-state index contributed by atoms with van der Waals surface area (Å²) >= 11 is 0. The number of rotatable bonds is 3. The van der Waals surface area contributed by atoms with Crippen molar-refractivity contribution in [3.05, 3.63) is 23.3 Å². The predicted octanol–water partition coefficient (Wildman–Crippen LogP) is 1.74. The smallest absolute Gasteiger partial charge is 0.194 e. The minimum atomic E-state index is -1.36. The molecule has 1 unspecified atom stereocenters. The Morgan fingerprint density at radius 2 is 2.06 bits per heavy atom. The van der Waals surface area contributed by atoms with Crippen molar-refractivity contribution in [2.45, 2.75) is 44.0 Å². The standard InChI is InChI=1S/C14H20O4/c1-10(15)13(16)8-6-12-11(9-13)5-4-7-14(12,17-2)18-3/h6,8,16H,4-5,7,9H2,1-3H3. The van der Waals surface area contributed by atoms with Crippen LogP contribution in [0.2, 0.25) is 0 Å². The van der Waals surface area contributed by atoms with E-state index in [9.17, 15) is 9.90 Å². The maximum Gasteiger partial charge on any atom is 0.194 e. The van der Waals surface area contributed by atoms with E-state index in [1.165, 1.54) is 6.92 Å². The average molecular weight is 252 g/mol. The van der Waals surface area contributed by atoms with Crippen LogP contribution in [0.5, 0.6) is 0 Å². The molecule has 2 aliphatic carbocycles. The average Bonchev–Trinajstić information content (AvgIpc) is 2.37. The van der Waals surface area contributed by atoms with Crippen molar-refractivity contribution in [2.24, 2.45) is 0 Å². The van der Waals surface area contributed by atoms with Crippen molar-refractivity contribution >= 4 is 5.78 Å². The van der Waals surface area contributed by atoms with E-state index < -0.39 is 11.4 Å². The highest BCUT2D eigenvalue weighted by Gasteiger charge is 2.43. The fourth-order valence-electron chi connectivity index (χ4n) is 2.86. The predicted molar refractivity (Wildman–Crippen MR) is 67.0 cm³/mol. The number of ketones is 1. The molecule has 4 heteroatoms. The van der Waals surface area contributed by atoms with Gasteiger partial charge in [0.25, 0.3) is 0 Å². The molecular weight excluding hydrogens is 232 g/mol.